The van der Waals surface area contributed by atoms with Crippen molar-refractivity contribution in [2.75, 3.05) is 6.26 Å². The van der Waals surface area contributed by atoms with Gasteiger partial charge in [0.1, 0.15) is 0 Å². The maximum atomic E-state index is 12.3. The highest BCUT2D eigenvalue weighted by molar-refractivity contribution is 7.97. The molecule has 0 bridgehead atoms. The Morgan fingerprint density at radius 1 is 1.04 bits per heavy atom. The van der Waals surface area contributed by atoms with Crippen LogP contribution in [-0.4, -0.2) is 27.3 Å². The first-order valence-corrected chi connectivity index (χ1v) is 8.53. The molecule has 0 amide bonds. The molecule has 2 aromatic heterocycles. The number of carboxylic acid groups (broad SMARTS) is 1. The van der Waals surface area contributed by atoms with Crippen LogP contribution in [0, 0.1) is 6.92 Å². The van der Waals surface area contributed by atoms with Crippen molar-refractivity contribution in [3.8, 4) is 0 Å². The van der Waals surface area contributed by atoms with Crippen LogP contribution < -0.4 is 0 Å². The minimum Gasteiger partial charge on any atom is -0.477 e. The smallest absolute Gasteiger partial charge is 0.417 e. The number of aromatic nitrogens is 2. The zero-order valence-electron chi connectivity index (χ0n) is 14.0. The van der Waals surface area contributed by atoms with Gasteiger partial charge in [0, 0.05) is 23.8 Å². The molecule has 1 N–H and O–H groups in total. The fraction of sp³-hybridized carbons (Fsp3) is 0.312. The van der Waals surface area contributed by atoms with Crippen LogP contribution in [0.3, 0.4) is 0 Å². The normalized spacial score (nSPS) is 11.6. The molecule has 148 valence electrons. The summed E-state index contributed by atoms with van der Waals surface area (Å²) in [6.45, 7) is 1.64. The van der Waals surface area contributed by atoms with Gasteiger partial charge in [0.2, 0.25) is 0 Å². The number of rotatable bonds is 3. The number of carboxylic acids is 1. The lowest BCUT2D eigenvalue weighted by Gasteiger charge is -2.09. The summed E-state index contributed by atoms with van der Waals surface area (Å²) < 4.78 is 72.7. The number of carbonyl (C=O) groups is 1. The van der Waals surface area contributed by atoms with Gasteiger partial charge >= 0.3 is 18.3 Å². The Morgan fingerprint density at radius 3 is 2.00 bits per heavy atom. The molecule has 0 unspecified atom stereocenters. The number of aryl methyl sites for hydroxylation is 1. The molecule has 27 heavy (non-hydrogen) atoms. The van der Waals surface area contributed by atoms with Crippen LogP contribution >= 0.6 is 11.8 Å². The Morgan fingerprint density at radius 2 is 1.59 bits per heavy atom. The van der Waals surface area contributed by atoms with Crippen molar-refractivity contribution in [1.82, 2.24) is 9.97 Å². The van der Waals surface area contributed by atoms with Gasteiger partial charge in [0.05, 0.1) is 11.1 Å². The van der Waals surface area contributed by atoms with Crippen LogP contribution in [0.15, 0.2) is 30.6 Å². The van der Waals surface area contributed by atoms with Gasteiger partial charge < -0.3 is 5.11 Å². The Balaban J connectivity index is 0.000000289. The van der Waals surface area contributed by atoms with Crippen molar-refractivity contribution in [1.29, 1.82) is 0 Å². The first-order valence-electron chi connectivity index (χ1n) is 7.14. The van der Waals surface area contributed by atoms with E-state index < -0.39 is 29.4 Å². The molecule has 4 nitrogen and oxygen atoms in total. The lowest BCUT2D eigenvalue weighted by molar-refractivity contribution is -0.138. The zero-order chi connectivity index (χ0) is 20.8. The van der Waals surface area contributed by atoms with E-state index in [1.807, 2.05) is 0 Å². The molecule has 2 heterocycles. The molecule has 0 aromatic carbocycles. The van der Waals surface area contributed by atoms with E-state index in [9.17, 15) is 31.1 Å². The average molecular weight is 412 g/mol. The number of thioether (sulfide) groups is 1. The summed E-state index contributed by atoms with van der Waals surface area (Å²) in [6, 6.07) is 3.18. The number of hydrogen-bond donors (Lipinski definition) is 1. The van der Waals surface area contributed by atoms with Crippen molar-refractivity contribution in [3.63, 3.8) is 0 Å². The van der Waals surface area contributed by atoms with Crippen molar-refractivity contribution in [3.05, 3.63) is 58.7 Å². The second kappa shape index (κ2) is 9.07. The lowest BCUT2D eigenvalue weighted by atomic mass is 10.1. The summed E-state index contributed by atoms with van der Waals surface area (Å²) in [6.07, 6.45) is -5.74. The Bertz CT molecular complexity index is 776. The number of alkyl halides is 6. The summed E-state index contributed by atoms with van der Waals surface area (Å²) in [4.78, 5) is 17.6. The van der Waals surface area contributed by atoms with Gasteiger partial charge in [-0.05, 0) is 36.9 Å². The van der Waals surface area contributed by atoms with Crippen molar-refractivity contribution >= 4 is 17.7 Å². The minimum atomic E-state index is -4.50. The lowest BCUT2D eigenvalue weighted by Crippen LogP contribution is -2.11. The van der Waals surface area contributed by atoms with Crippen LogP contribution in [0.1, 0.15) is 32.9 Å². The Labute approximate surface area is 154 Å². The third-order valence-corrected chi connectivity index (χ3v) is 3.63. The van der Waals surface area contributed by atoms with E-state index in [2.05, 4.69) is 9.97 Å². The predicted octanol–water partition coefficient (Wildman–Crippen LogP) is 5.07. The molecule has 0 aliphatic carbocycles. The summed E-state index contributed by atoms with van der Waals surface area (Å²) in [5.74, 6) is -1.14. The van der Waals surface area contributed by atoms with E-state index in [4.69, 9.17) is 5.11 Å². The topological polar surface area (TPSA) is 63.1 Å². The van der Waals surface area contributed by atoms with Crippen LogP contribution in [-0.2, 0) is 18.1 Å². The molecule has 2 aromatic rings. The molecular formula is C16H14F6N2O2S. The van der Waals surface area contributed by atoms with Crippen LogP contribution in [0.25, 0.3) is 0 Å². The van der Waals surface area contributed by atoms with Crippen LogP contribution in [0.5, 0.6) is 0 Å². The molecule has 11 heteroatoms. The molecule has 0 aliphatic heterocycles. The second-order valence-electron chi connectivity index (χ2n) is 5.15. The number of pyridine rings is 2. The molecule has 0 saturated carbocycles. The molecule has 0 aliphatic rings. The molecule has 0 atom stereocenters. The second-order valence-corrected chi connectivity index (χ2v) is 6.02. The predicted molar refractivity (Wildman–Crippen MR) is 87.4 cm³/mol. The number of halogens is 6. The van der Waals surface area contributed by atoms with Gasteiger partial charge in [-0.2, -0.15) is 38.1 Å². The third kappa shape index (κ3) is 7.08. The van der Waals surface area contributed by atoms with Gasteiger partial charge in [-0.1, -0.05) is 0 Å². The Hall–Kier alpha value is -2.30. The summed E-state index contributed by atoms with van der Waals surface area (Å²) in [5.41, 5.74) is -1.31. The molecule has 0 saturated heterocycles. The summed E-state index contributed by atoms with van der Waals surface area (Å²) >= 11 is 1.23. The Kier molecular flexibility index (Phi) is 7.64. The van der Waals surface area contributed by atoms with Crippen LogP contribution in [0.4, 0.5) is 26.3 Å². The first-order chi connectivity index (χ1) is 12.4. The quantitative estimate of drug-likeness (QED) is 0.714. The SMILES string of the molecule is CSCc1cc(C(F)(F)F)cnc1C(=O)O.Cc1ccc(C(F)(F)F)cn1. The van der Waals surface area contributed by atoms with E-state index >= 15 is 0 Å². The van der Waals surface area contributed by atoms with E-state index in [0.717, 1.165) is 18.3 Å². The van der Waals surface area contributed by atoms with Gasteiger partial charge in [0.25, 0.3) is 0 Å². The largest absolute Gasteiger partial charge is 0.477 e. The van der Waals surface area contributed by atoms with Gasteiger partial charge in [-0.3, -0.25) is 4.98 Å². The fourth-order valence-electron chi connectivity index (χ4n) is 1.76. The zero-order valence-corrected chi connectivity index (χ0v) is 14.8. The summed E-state index contributed by atoms with van der Waals surface area (Å²) in [7, 11) is 0. The van der Waals surface area contributed by atoms with E-state index in [0.29, 0.717) is 11.9 Å². The summed E-state index contributed by atoms with van der Waals surface area (Å²) in [5, 5.41) is 8.73. The van der Waals surface area contributed by atoms with Crippen molar-refractivity contribution < 1.29 is 36.2 Å². The third-order valence-electron chi connectivity index (χ3n) is 3.04. The van der Waals surface area contributed by atoms with Gasteiger partial charge in [-0.25, -0.2) is 9.78 Å². The molecule has 0 radical (unpaired) electrons. The minimum absolute atomic E-state index is 0.0785. The molecule has 0 spiro atoms. The van der Waals surface area contributed by atoms with Gasteiger partial charge in [-0.15, -0.1) is 0 Å². The standard InChI is InChI=1S/C9H8F3NO2S.C7H6F3N/c1-16-4-5-2-6(9(10,11)12)3-13-7(5)8(14)15;1-5-2-3-6(4-11-5)7(8,9)10/h2-3H,4H2,1H3,(H,14,15);2-4H,1H3. The highest BCUT2D eigenvalue weighted by Gasteiger charge is 2.32. The number of hydrogen-bond acceptors (Lipinski definition) is 4. The number of nitrogens with zero attached hydrogens (tertiary/aromatic N) is 2. The average Bonchev–Trinajstić information content (AvgIpc) is 2.54. The molecular weight excluding hydrogens is 398 g/mol. The van der Waals surface area contributed by atoms with Crippen molar-refractivity contribution in [2.45, 2.75) is 25.0 Å². The monoisotopic (exact) mass is 412 g/mol. The van der Waals surface area contributed by atoms with Crippen LogP contribution in [0.2, 0.25) is 0 Å². The van der Waals surface area contributed by atoms with Gasteiger partial charge in [0.15, 0.2) is 5.69 Å². The van der Waals surface area contributed by atoms with Crippen molar-refractivity contribution in [2.24, 2.45) is 0 Å². The highest BCUT2D eigenvalue weighted by Crippen LogP contribution is 2.30. The van der Waals surface area contributed by atoms with E-state index in [-0.39, 0.29) is 17.0 Å². The maximum absolute atomic E-state index is 12.3. The fourth-order valence-corrected chi connectivity index (χ4v) is 2.29. The van der Waals surface area contributed by atoms with E-state index in [1.165, 1.54) is 17.8 Å². The molecule has 0 fully saturated rings. The van der Waals surface area contributed by atoms with E-state index in [1.54, 1.807) is 13.2 Å². The highest BCUT2D eigenvalue weighted by atomic mass is 32.2. The number of aromatic carboxylic acids is 1. The molecule has 2 rings (SSSR count). The maximum Gasteiger partial charge on any atom is 0.417 e. The first kappa shape index (κ1) is 22.7.